The van der Waals surface area contributed by atoms with Gasteiger partial charge in [0.1, 0.15) is 0 Å². The smallest absolute Gasteiger partial charge is 0.225 e. The Morgan fingerprint density at radius 3 is 2.67 bits per heavy atom. The summed E-state index contributed by atoms with van der Waals surface area (Å²) in [5.74, 6) is 0.0149. The number of amides is 1. The lowest BCUT2D eigenvalue weighted by molar-refractivity contribution is -0.134. The van der Waals surface area contributed by atoms with Gasteiger partial charge in [0.05, 0.1) is 6.61 Å². The maximum absolute atomic E-state index is 11.4. The van der Waals surface area contributed by atoms with Gasteiger partial charge >= 0.3 is 0 Å². The van der Waals surface area contributed by atoms with Crippen LogP contribution >= 0.6 is 0 Å². The zero-order valence-electron chi connectivity index (χ0n) is 7.79. The van der Waals surface area contributed by atoms with Gasteiger partial charge < -0.3 is 15.7 Å². The predicted octanol–water partition coefficient (Wildman–Crippen LogP) is -0.578. The first-order valence-corrected chi connectivity index (χ1v) is 4.19. The number of likely N-dealkylation sites (N-methyl/N-ethyl adjacent to an activating group) is 1. The van der Waals surface area contributed by atoms with Crippen molar-refractivity contribution in [2.75, 3.05) is 26.7 Å². The maximum atomic E-state index is 11.4. The van der Waals surface area contributed by atoms with Gasteiger partial charge in [0.25, 0.3) is 0 Å². The molecule has 0 rings (SSSR count). The Morgan fingerprint density at radius 1 is 1.67 bits per heavy atom. The minimum atomic E-state index is -0.0356. The van der Waals surface area contributed by atoms with Crippen LogP contribution in [-0.2, 0) is 4.79 Å². The summed E-state index contributed by atoms with van der Waals surface area (Å²) >= 11 is 0. The number of nitrogens with two attached hydrogens (primary N) is 1. The molecule has 72 valence electrons. The molecule has 0 spiro atoms. The molecule has 0 aromatic carbocycles. The molecular formula is C8H18N2O2. The van der Waals surface area contributed by atoms with E-state index in [1.165, 1.54) is 4.90 Å². The van der Waals surface area contributed by atoms with Crippen molar-refractivity contribution in [1.82, 2.24) is 4.90 Å². The molecule has 0 aliphatic carbocycles. The third-order valence-corrected chi connectivity index (χ3v) is 1.83. The Labute approximate surface area is 73.3 Å². The quantitative estimate of drug-likeness (QED) is 0.586. The molecule has 12 heavy (non-hydrogen) atoms. The Balaban J connectivity index is 3.82. The summed E-state index contributed by atoms with van der Waals surface area (Å²) in [6.45, 7) is 2.79. The number of nitrogens with zero attached hydrogens (tertiary/aromatic N) is 1. The molecule has 3 N–H and O–H groups in total. The number of carbonyl (C=O) groups is 1. The van der Waals surface area contributed by atoms with Crippen molar-refractivity contribution in [2.45, 2.75) is 13.3 Å². The highest BCUT2D eigenvalue weighted by Crippen LogP contribution is 2.03. The lowest BCUT2D eigenvalue weighted by Gasteiger charge is -2.19. The third kappa shape index (κ3) is 3.69. The highest BCUT2D eigenvalue weighted by atomic mass is 16.3. The summed E-state index contributed by atoms with van der Waals surface area (Å²) in [6, 6.07) is 0. The van der Waals surface area contributed by atoms with Crippen molar-refractivity contribution in [2.24, 2.45) is 11.7 Å². The third-order valence-electron chi connectivity index (χ3n) is 1.83. The summed E-state index contributed by atoms with van der Waals surface area (Å²) in [5.41, 5.74) is 5.32. The number of hydrogen-bond donors (Lipinski definition) is 2. The molecule has 0 heterocycles. The molecule has 1 amide bonds. The zero-order valence-corrected chi connectivity index (χ0v) is 7.79. The second-order valence-electron chi connectivity index (χ2n) is 2.96. The van der Waals surface area contributed by atoms with Crippen molar-refractivity contribution in [3.63, 3.8) is 0 Å². The van der Waals surface area contributed by atoms with Crippen molar-refractivity contribution >= 4 is 5.91 Å². The molecule has 0 saturated heterocycles. The normalized spacial score (nSPS) is 12.7. The highest BCUT2D eigenvalue weighted by Gasteiger charge is 2.15. The van der Waals surface area contributed by atoms with Gasteiger partial charge in [0.2, 0.25) is 5.91 Å². The molecule has 0 aliphatic rings. The average Bonchev–Trinajstić information content (AvgIpc) is 2.04. The molecule has 0 aromatic heterocycles. The lowest BCUT2D eigenvalue weighted by Crippen LogP contribution is -2.34. The first-order chi connectivity index (χ1) is 5.63. The van der Waals surface area contributed by atoms with E-state index in [4.69, 9.17) is 10.8 Å². The van der Waals surface area contributed by atoms with Gasteiger partial charge in [-0.3, -0.25) is 4.79 Å². The van der Waals surface area contributed by atoms with Gasteiger partial charge in [-0.15, -0.1) is 0 Å². The van der Waals surface area contributed by atoms with Crippen LogP contribution in [0.3, 0.4) is 0 Å². The monoisotopic (exact) mass is 174 g/mol. The van der Waals surface area contributed by atoms with Crippen molar-refractivity contribution < 1.29 is 9.90 Å². The fourth-order valence-electron chi connectivity index (χ4n) is 1.01. The summed E-state index contributed by atoms with van der Waals surface area (Å²) in [6.07, 6.45) is 0.703. The van der Waals surface area contributed by atoms with E-state index < -0.39 is 0 Å². The van der Waals surface area contributed by atoms with Crippen LogP contribution in [-0.4, -0.2) is 42.7 Å². The van der Waals surface area contributed by atoms with E-state index in [0.717, 1.165) is 0 Å². The van der Waals surface area contributed by atoms with Gasteiger partial charge in [-0.05, 0) is 13.0 Å². The average molecular weight is 174 g/mol. The molecule has 0 saturated carbocycles. The van der Waals surface area contributed by atoms with E-state index >= 15 is 0 Å². The van der Waals surface area contributed by atoms with Gasteiger partial charge in [-0.25, -0.2) is 0 Å². The Hall–Kier alpha value is -0.610. The van der Waals surface area contributed by atoms with Crippen LogP contribution in [0, 0.1) is 5.92 Å². The predicted molar refractivity (Wildman–Crippen MR) is 47.6 cm³/mol. The molecule has 4 nitrogen and oxygen atoms in total. The van der Waals surface area contributed by atoms with Gasteiger partial charge in [-0.1, -0.05) is 6.92 Å². The number of rotatable bonds is 5. The van der Waals surface area contributed by atoms with E-state index in [0.29, 0.717) is 19.5 Å². The van der Waals surface area contributed by atoms with Gasteiger partial charge in [-0.2, -0.15) is 0 Å². The van der Waals surface area contributed by atoms with Crippen LogP contribution in [0.25, 0.3) is 0 Å². The number of hydrogen-bond acceptors (Lipinski definition) is 3. The Morgan fingerprint density at radius 2 is 2.25 bits per heavy atom. The second kappa shape index (κ2) is 5.97. The fourth-order valence-corrected chi connectivity index (χ4v) is 1.01. The molecule has 0 radical (unpaired) electrons. The standard InChI is InChI=1S/C8H18N2O2/c1-7(3-4-9)8(12)10(2)5-6-11/h7,11H,3-6,9H2,1-2H3. The van der Waals surface area contributed by atoms with E-state index in [9.17, 15) is 4.79 Å². The summed E-state index contributed by atoms with van der Waals surface area (Å²) in [5, 5.41) is 8.58. The Bertz CT molecular complexity index is 125. The SMILES string of the molecule is CC(CCN)C(=O)N(C)CCO. The minimum absolute atomic E-state index is 0.0115. The Kier molecular flexibility index (Phi) is 5.66. The van der Waals surface area contributed by atoms with Crippen LogP contribution < -0.4 is 5.73 Å². The van der Waals surface area contributed by atoms with Gasteiger partial charge in [0.15, 0.2) is 0 Å². The number of carbonyl (C=O) groups excluding carboxylic acids is 1. The van der Waals surface area contributed by atoms with Crippen LogP contribution in [0.5, 0.6) is 0 Å². The second-order valence-corrected chi connectivity index (χ2v) is 2.96. The number of aliphatic hydroxyl groups is 1. The topological polar surface area (TPSA) is 66.6 Å². The molecule has 0 fully saturated rings. The maximum Gasteiger partial charge on any atom is 0.225 e. The van der Waals surface area contributed by atoms with E-state index in [-0.39, 0.29) is 18.4 Å². The summed E-state index contributed by atoms with van der Waals surface area (Å²) < 4.78 is 0. The molecule has 0 bridgehead atoms. The van der Waals surface area contributed by atoms with Crippen molar-refractivity contribution in [3.05, 3.63) is 0 Å². The van der Waals surface area contributed by atoms with E-state index in [1.54, 1.807) is 7.05 Å². The highest BCUT2D eigenvalue weighted by molar-refractivity contribution is 5.78. The van der Waals surface area contributed by atoms with E-state index in [1.807, 2.05) is 6.92 Å². The van der Waals surface area contributed by atoms with Crippen LogP contribution in [0.15, 0.2) is 0 Å². The first kappa shape index (κ1) is 11.4. The van der Waals surface area contributed by atoms with E-state index in [2.05, 4.69) is 0 Å². The molecule has 1 unspecified atom stereocenters. The van der Waals surface area contributed by atoms with Gasteiger partial charge in [0, 0.05) is 19.5 Å². The largest absolute Gasteiger partial charge is 0.395 e. The molecule has 4 heteroatoms. The molecular weight excluding hydrogens is 156 g/mol. The molecule has 0 aromatic rings. The van der Waals surface area contributed by atoms with Crippen molar-refractivity contribution in [1.29, 1.82) is 0 Å². The van der Waals surface area contributed by atoms with Crippen LogP contribution in [0.4, 0.5) is 0 Å². The van der Waals surface area contributed by atoms with Crippen LogP contribution in [0.2, 0.25) is 0 Å². The minimum Gasteiger partial charge on any atom is -0.395 e. The molecule has 0 aliphatic heterocycles. The summed E-state index contributed by atoms with van der Waals surface area (Å²) in [4.78, 5) is 12.9. The molecule has 1 atom stereocenters. The lowest BCUT2D eigenvalue weighted by atomic mass is 10.1. The van der Waals surface area contributed by atoms with Crippen LogP contribution in [0.1, 0.15) is 13.3 Å². The zero-order chi connectivity index (χ0) is 9.56. The fraction of sp³-hybridized carbons (Fsp3) is 0.875. The number of aliphatic hydroxyl groups excluding tert-OH is 1. The van der Waals surface area contributed by atoms with Crippen molar-refractivity contribution in [3.8, 4) is 0 Å². The summed E-state index contributed by atoms with van der Waals surface area (Å²) in [7, 11) is 1.69. The first-order valence-electron chi connectivity index (χ1n) is 4.19.